The molecule has 0 bridgehead atoms. The van der Waals surface area contributed by atoms with Gasteiger partial charge in [-0.3, -0.25) is 0 Å². The molecule has 0 saturated heterocycles. The van der Waals surface area contributed by atoms with E-state index >= 15 is 0 Å². The van der Waals surface area contributed by atoms with Crippen LogP contribution in [0.5, 0.6) is 0 Å². The monoisotopic (exact) mass is 342 g/mol. The SMILES string of the molecule is CCCCC(CC)C[Si](CC1CCCCCC1)(OCC)OCC. The first-order valence-electron chi connectivity index (χ1n) is 10.5. The molecule has 0 aliphatic heterocycles. The maximum absolute atomic E-state index is 6.44. The van der Waals surface area contributed by atoms with Gasteiger partial charge < -0.3 is 8.85 Å². The summed E-state index contributed by atoms with van der Waals surface area (Å²) in [5.41, 5.74) is 0. The maximum atomic E-state index is 6.44. The van der Waals surface area contributed by atoms with Crippen LogP contribution in [0.3, 0.4) is 0 Å². The van der Waals surface area contributed by atoms with Crippen LogP contribution < -0.4 is 0 Å². The molecule has 0 aromatic rings. The van der Waals surface area contributed by atoms with Gasteiger partial charge in [0, 0.05) is 13.2 Å². The molecular weight excluding hydrogens is 300 g/mol. The molecular formula is C20H42O2Si. The summed E-state index contributed by atoms with van der Waals surface area (Å²) in [7, 11) is -2.04. The molecule has 0 aromatic carbocycles. The molecule has 0 N–H and O–H groups in total. The van der Waals surface area contributed by atoms with E-state index in [0.29, 0.717) is 0 Å². The van der Waals surface area contributed by atoms with Crippen LogP contribution in [0.4, 0.5) is 0 Å². The molecule has 1 unspecified atom stereocenters. The molecule has 1 aliphatic carbocycles. The lowest BCUT2D eigenvalue weighted by atomic mass is 10.0. The maximum Gasteiger partial charge on any atom is 0.338 e. The van der Waals surface area contributed by atoms with Gasteiger partial charge >= 0.3 is 8.56 Å². The third-order valence-electron chi connectivity index (χ3n) is 5.53. The molecule has 1 rings (SSSR count). The smallest absolute Gasteiger partial charge is 0.338 e. The minimum absolute atomic E-state index is 0.797. The number of hydrogen-bond donors (Lipinski definition) is 0. The molecule has 0 amide bonds. The van der Waals surface area contributed by atoms with Crippen LogP contribution in [-0.2, 0) is 8.85 Å². The normalized spacial score (nSPS) is 18.8. The molecule has 0 aromatic heterocycles. The van der Waals surface area contributed by atoms with E-state index in [4.69, 9.17) is 8.85 Å². The van der Waals surface area contributed by atoms with Crippen LogP contribution in [0.1, 0.15) is 91.9 Å². The summed E-state index contributed by atoms with van der Waals surface area (Å²) < 4.78 is 12.9. The van der Waals surface area contributed by atoms with Crippen molar-refractivity contribution < 1.29 is 8.85 Å². The molecule has 138 valence electrons. The van der Waals surface area contributed by atoms with Gasteiger partial charge in [-0.2, -0.15) is 0 Å². The fourth-order valence-electron chi connectivity index (χ4n) is 4.28. The van der Waals surface area contributed by atoms with Crippen molar-refractivity contribution in [3.05, 3.63) is 0 Å². The summed E-state index contributed by atoms with van der Waals surface area (Å²) in [5, 5.41) is 0. The summed E-state index contributed by atoms with van der Waals surface area (Å²) >= 11 is 0. The molecule has 0 radical (unpaired) electrons. The number of hydrogen-bond acceptors (Lipinski definition) is 2. The van der Waals surface area contributed by atoms with Gasteiger partial charge in [-0.25, -0.2) is 0 Å². The quantitative estimate of drug-likeness (QED) is 0.290. The zero-order valence-electron chi connectivity index (χ0n) is 16.4. The van der Waals surface area contributed by atoms with E-state index in [0.717, 1.165) is 25.0 Å². The van der Waals surface area contributed by atoms with Gasteiger partial charge in [0.2, 0.25) is 0 Å². The minimum Gasteiger partial charge on any atom is -0.394 e. The second kappa shape index (κ2) is 12.5. The number of rotatable bonds is 12. The molecule has 2 nitrogen and oxygen atoms in total. The minimum atomic E-state index is -2.04. The molecule has 1 atom stereocenters. The van der Waals surface area contributed by atoms with Gasteiger partial charge in [0.15, 0.2) is 0 Å². The first-order valence-corrected chi connectivity index (χ1v) is 12.7. The first kappa shape index (κ1) is 21.2. The first-order chi connectivity index (χ1) is 11.2. The fraction of sp³-hybridized carbons (Fsp3) is 1.00. The van der Waals surface area contributed by atoms with Crippen LogP contribution in [-0.4, -0.2) is 21.8 Å². The summed E-state index contributed by atoms with van der Waals surface area (Å²) in [4.78, 5) is 0. The van der Waals surface area contributed by atoms with Gasteiger partial charge in [-0.05, 0) is 37.8 Å². The van der Waals surface area contributed by atoms with Crippen molar-refractivity contribution >= 4 is 8.56 Å². The number of unbranched alkanes of at least 4 members (excludes halogenated alkanes) is 1. The van der Waals surface area contributed by atoms with Gasteiger partial charge in [0.1, 0.15) is 0 Å². The lowest BCUT2D eigenvalue weighted by molar-refractivity contribution is 0.168. The summed E-state index contributed by atoms with van der Waals surface area (Å²) in [6, 6.07) is 2.47. The average Bonchev–Trinajstić information content (AvgIpc) is 2.80. The van der Waals surface area contributed by atoms with E-state index in [1.165, 1.54) is 76.3 Å². The Morgan fingerprint density at radius 2 is 1.52 bits per heavy atom. The topological polar surface area (TPSA) is 18.5 Å². The second-order valence-electron chi connectivity index (χ2n) is 7.46. The molecule has 3 heteroatoms. The highest BCUT2D eigenvalue weighted by atomic mass is 28.4. The van der Waals surface area contributed by atoms with Crippen molar-refractivity contribution in [2.75, 3.05) is 13.2 Å². The Kier molecular flexibility index (Phi) is 11.5. The average molecular weight is 343 g/mol. The van der Waals surface area contributed by atoms with Crippen molar-refractivity contribution in [2.24, 2.45) is 11.8 Å². The van der Waals surface area contributed by atoms with Crippen LogP contribution in [0.25, 0.3) is 0 Å². The van der Waals surface area contributed by atoms with Crippen LogP contribution in [0, 0.1) is 11.8 Å². The van der Waals surface area contributed by atoms with E-state index in [2.05, 4.69) is 27.7 Å². The standard InChI is InChI=1S/C20H42O2Si/c1-5-9-14-19(6-2)17-23(21-7-3,22-8-4)18-20-15-12-10-11-13-16-20/h19-20H,5-18H2,1-4H3. The third kappa shape index (κ3) is 8.17. The summed E-state index contributed by atoms with van der Waals surface area (Å²) in [6.07, 6.45) is 13.8. The van der Waals surface area contributed by atoms with E-state index in [1.807, 2.05) is 0 Å². The fourth-order valence-corrected chi connectivity index (χ4v) is 8.71. The summed E-state index contributed by atoms with van der Waals surface area (Å²) in [5.74, 6) is 1.65. The van der Waals surface area contributed by atoms with Crippen LogP contribution >= 0.6 is 0 Å². The highest BCUT2D eigenvalue weighted by Crippen LogP contribution is 2.36. The Balaban J connectivity index is 2.76. The van der Waals surface area contributed by atoms with Crippen molar-refractivity contribution in [2.45, 2.75) is 104 Å². The summed E-state index contributed by atoms with van der Waals surface area (Å²) in [6.45, 7) is 10.6. The highest BCUT2D eigenvalue weighted by molar-refractivity contribution is 6.67. The van der Waals surface area contributed by atoms with E-state index in [9.17, 15) is 0 Å². The van der Waals surface area contributed by atoms with E-state index in [-0.39, 0.29) is 0 Å². The van der Waals surface area contributed by atoms with Crippen molar-refractivity contribution in [1.29, 1.82) is 0 Å². The molecule has 1 aliphatic rings. The van der Waals surface area contributed by atoms with Crippen molar-refractivity contribution in [3.63, 3.8) is 0 Å². The molecule has 0 heterocycles. The van der Waals surface area contributed by atoms with Crippen molar-refractivity contribution in [1.82, 2.24) is 0 Å². The molecule has 23 heavy (non-hydrogen) atoms. The lowest BCUT2D eigenvalue weighted by Gasteiger charge is -2.35. The largest absolute Gasteiger partial charge is 0.394 e. The van der Waals surface area contributed by atoms with E-state index in [1.54, 1.807) is 0 Å². The molecule has 1 fully saturated rings. The highest BCUT2D eigenvalue weighted by Gasteiger charge is 2.41. The third-order valence-corrected chi connectivity index (χ3v) is 9.56. The predicted octanol–water partition coefficient (Wildman–Crippen LogP) is 6.69. The van der Waals surface area contributed by atoms with Gasteiger partial charge in [-0.15, -0.1) is 0 Å². The van der Waals surface area contributed by atoms with Crippen LogP contribution in [0.15, 0.2) is 0 Å². The Labute approximate surface area is 147 Å². The molecule has 0 spiro atoms. The Morgan fingerprint density at radius 3 is 2.00 bits per heavy atom. The lowest BCUT2D eigenvalue weighted by Crippen LogP contribution is -2.45. The zero-order valence-corrected chi connectivity index (χ0v) is 17.4. The Bertz CT molecular complexity index is 269. The van der Waals surface area contributed by atoms with Gasteiger partial charge in [-0.1, -0.05) is 78.1 Å². The predicted molar refractivity (Wildman–Crippen MR) is 103 cm³/mol. The van der Waals surface area contributed by atoms with Crippen molar-refractivity contribution in [3.8, 4) is 0 Å². The Morgan fingerprint density at radius 1 is 0.913 bits per heavy atom. The van der Waals surface area contributed by atoms with Crippen LogP contribution in [0.2, 0.25) is 12.1 Å². The van der Waals surface area contributed by atoms with E-state index < -0.39 is 8.56 Å². The second-order valence-corrected chi connectivity index (χ2v) is 10.7. The zero-order chi connectivity index (χ0) is 17.0. The Hall–Kier alpha value is 0.137. The van der Waals surface area contributed by atoms with Gasteiger partial charge in [0.05, 0.1) is 0 Å². The molecule has 1 saturated carbocycles. The van der Waals surface area contributed by atoms with Gasteiger partial charge in [0.25, 0.3) is 0 Å².